The zero-order chi connectivity index (χ0) is 12.1. The number of rotatable bonds is 6. The van der Waals surface area contributed by atoms with Gasteiger partial charge in [-0.1, -0.05) is 0 Å². The summed E-state index contributed by atoms with van der Waals surface area (Å²) in [5.41, 5.74) is 0.597. The highest BCUT2D eigenvalue weighted by atomic mass is 32.1. The lowest BCUT2D eigenvalue weighted by Crippen LogP contribution is -2.05. The SMILES string of the molecule is O=C(O)Cc1csc(NCCc2nccs2)n1. The molecular weight excluding hydrogens is 258 g/mol. The van der Waals surface area contributed by atoms with Crippen LogP contribution in [0.4, 0.5) is 5.13 Å². The van der Waals surface area contributed by atoms with Crippen molar-refractivity contribution >= 4 is 33.8 Å². The van der Waals surface area contributed by atoms with Gasteiger partial charge >= 0.3 is 5.97 Å². The Morgan fingerprint density at radius 1 is 1.47 bits per heavy atom. The Morgan fingerprint density at radius 2 is 2.35 bits per heavy atom. The lowest BCUT2D eigenvalue weighted by molar-refractivity contribution is -0.136. The highest BCUT2D eigenvalue weighted by molar-refractivity contribution is 7.13. The van der Waals surface area contributed by atoms with Crippen molar-refractivity contribution < 1.29 is 9.90 Å². The van der Waals surface area contributed by atoms with Gasteiger partial charge in [0.2, 0.25) is 0 Å². The average Bonchev–Trinajstić information content (AvgIpc) is 2.89. The van der Waals surface area contributed by atoms with Crippen molar-refractivity contribution in [3.05, 3.63) is 27.7 Å². The van der Waals surface area contributed by atoms with Crippen LogP contribution in [-0.2, 0) is 17.6 Å². The van der Waals surface area contributed by atoms with Crippen LogP contribution in [0.25, 0.3) is 0 Å². The topological polar surface area (TPSA) is 75.1 Å². The van der Waals surface area contributed by atoms with Gasteiger partial charge in [-0.3, -0.25) is 4.79 Å². The number of thiazole rings is 2. The third-order valence-corrected chi connectivity index (χ3v) is 3.67. The monoisotopic (exact) mass is 269 g/mol. The average molecular weight is 269 g/mol. The fourth-order valence-electron chi connectivity index (χ4n) is 1.28. The first-order valence-electron chi connectivity index (χ1n) is 5.02. The predicted molar refractivity (Wildman–Crippen MR) is 67.8 cm³/mol. The third kappa shape index (κ3) is 3.79. The van der Waals surface area contributed by atoms with Crippen LogP contribution >= 0.6 is 22.7 Å². The molecule has 0 aliphatic rings. The van der Waals surface area contributed by atoms with Gasteiger partial charge in [0, 0.05) is 29.9 Å². The number of nitrogens with zero attached hydrogens (tertiary/aromatic N) is 2. The fraction of sp³-hybridized carbons (Fsp3) is 0.300. The maximum Gasteiger partial charge on any atom is 0.309 e. The van der Waals surface area contributed by atoms with Gasteiger partial charge in [-0.05, 0) is 0 Å². The summed E-state index contributed by atoms with van der Waals surface area (Å²) in [5.74, 6) is -0.857. The molecule has 2 aromatic heterocycles. The predicted octanol–water partition coefficient (Wildman–Crippen LogP) is 1.88. The largest absolute Gasteiger partial charge is 0.481 e. The Kier molecular flexibility index (Phi) is 4.05. The smallest absolute Gasteiger partial charge is 0.309 e. The van der Waals surface area contributed by atoms with E-state index in [9.17, 15) is 4.79 Å². The van der Waals surface area contributed by atoms with Crippen molar-refractivity contribution in [3.63, 3.8) is 0 Å². The summed E-state index contributed by atoms with van der Waals surface area (Å²) in [7, 11) is 0. The second-order valence-electron chi connectivity index (χ2n) is 3.32. The van der Waals surface area contributed by atoms with E-state index < -0.39 is 5.97 Å². The zero-order valence-corrected chi connectivity index (χ0v) is 10.6. The van der Waals surface area contributed by atoms with Gasteiger partial charge in [-0.25, -0.2) is 9.97 Å². The summed E-state index contributed by atoms with van der Waals surface area (Å²) >= 11 is 3.05. The van der Waals surface area contributed by atoms with Crippen LogP contribution in [-0.4, -0.2) is 27.6 Å². The summed E-state index contributed by atoms with van der Waals surface area (Å²) < 4.78 is 0. The summed E-state index contributed by atoms with van der Waals surface area (Å²) in [5, 5.41) is 17.3. The summed E-state index contributed by atoms with van der Waals surface area (Å²) in [4.78, 5) is 18.8. The molecule has 0 aromatic carbocycles. The van der Waals surface area contributed by atoms with Gasteiger partial charge in [0.25, 0.3) is 0 Å². The first kappa shape index (κ1) is 12.0. The molecule has 0 amide bonds. The second-order valence-corrected chi connectivity index (χ2v) is 5.15. The van der Waals surface area contributed by atoms with Crippen LogP contribution in [0.2, 0.25) is 0 Å². The molecule has 90 valence electrons. The number of aromatic nitrogens is 2. The molecule has 0 aliphatic carbocycles. The molecule has 17 heavy (non-hydrogen) atoms. The maximum absolute atomic E-state index is 10.5. The van der Waals surface area contributed by atoms with Crippen molar-refractivity contribution in [2.75, 3.05) is 11.9 Å². The number of hydrogen-bond acceptors (Lipinski definition) is 6. The van der Waals surface area contributed by atoms with Crippen molar-refractivity contribution in [1.29, 1.82) is 0 Å². The number of carboxylic acids is 1. The van der Waals surface area contributed by atoms with Crippen molar-refractivity contribution in [3.8, 4) is 0 Å². The molecule has 2 rings (SSSR count). The molecule has 7 heteroatoms. The van der Waals surface area contributed by atoms with E-state index in [1.54, 1.807) is 22.9 Å². The Bertz CT molecular complexity index is 481. The van der Waals surface area contributed by atoms with E-state index in [4.69, 9.17) is 5.11 Å². The van der Waals surface area contributed by atoms with Gasteiger partial charge < -0.3 is 10.4 Å². The van der Waals surface area contributed by atoms with E-state index in [0.29, 0.717) is 5.69 Å². The van der Waals surface area contributed by atoms with Crippen molar-refractivity contribution in [1.82, 2.24) is 9.97 Å². The van der Waals surface area contributed by atoms with Gasteiger partial charge in [-0.15, -0.1) is 22.7 Å². The van der Waals surface area contributed by atoms with Crippen LogP contribution in [0.15, 0.2) is 17.0 Å². The number of carbonyl (C=O) groups is 1. The van der Waals surface area contributed by atoms with E-state index >= 15 is 0 Å². The van der Waals surface area contributed by atoms with Crippen LogP contribution < -0.4 is 5.32 Å². The number of nitrogens with one attached hydrogen (secondary N) is 1. The summed E-state index contributed by atoms with van der Waals surface area (Å²) in [6.07, 6.45) is 2.62. The van der Waals surface area contributed by atoms with E-state index in [2.05, 4.69) is 15.3 Å². The van der Waals surface area contributed by atoms with E-state index in [0.717, 1.165) is 23.1 Å². The van der Waals surface area contributed by atoms with Crippen molar-refractivity contribution in [2.45, 2.75) is 12.8 Å². The summed E-state index contributed by atoms with van der Waals surface area (Å²) in [6.45, 7) is 0.757. The van der Waals surface area contributed by atoms with Gasteiger partial charge in [0.05, 0.1) is 17.1 Å². The highest BCUT2D eigenvalue weighted by Gasteiger charge is 2.05. The molecule has 2 N–H and O–H groups in total. The summed E-state index contributed by atoms with van der Waals surface area (Å²) in [6, 6.07) is 0. The fourth-order valence-corrected chi connectivity index (χ4v) is 2.64. The van der Waals surface area contributed by atoms with E-state index in [-0.39, 0.29) is 6.42 Å². The van der Waals surface area contributed by atoms with E-state index in [1.165, 1.54) is 11.3 Å². The highest BCUT2D eigenvalue weighted by Crippen LogP contribution is 2.16. The van der Waals surface area contributed by atoms with Crippen LogP contribution in [0.1, 0.15) is 10.7 Å². The minimum Gasteiger partial charge on any atom is -0.481 e. The number of anilines is 1. The van der Waals surface area contributed by atoms with Gasteiger partial charge in [0.15, 0.2) is 5.13 Å². The number of aliphatic carboxylic acids is 1. The maximum atomic E-state index is 10.5. The molecule has 0 aliphatic heterocycles. The molecule has 0 radical (unpaired) electrons. The van der Waals surface area contributed by atoms with Gasteiger partial charge in [0.1, 0.15) is 0 Å². The lowest BCUT2D eigenvalue weighted by Gasteiger charge is -1.99. The Morgan fingerprint density at radius 3 is 3.06 bits per heavy atom. The quantitative estimate of drug-likeness (QED) is 0.837. The Hall–Kier alpha value is -1.47. The lowest BCUT2D eigenvalue weighted by atomic mass is 10.3. The number of carboxylic acid groups (broad SMARTS) is 1. The first-order valence-corrected chi connectivity index (χ1v) is 6.78. The first-order chi connectivity index (χ1) is 8.24. The van der Waals surface area contributed by atoms with Crippen molar-refractivity contribution in [2.24, 2.45) is 0 Å². The van der Waals surface area contributed by atoms with Crippen LogP contribution in [0.3, 0.4) is 0 Å². The molecule has 2 aromatic rings. The molecule has 0 bridgehead atoms. The van der Waals surface area contributed by atoms with Gasteiger partial charge in [-0.2, -0.15) is 0 Å². The molecule has 0 fully saturated rings. The minimum atomic E-state index is -0.857. The zero-order valence-electron chi connectivity index (χ0n) is 8.92. The number of hydrogen-bond donors (Lipinski definition) is 2. The third-order valence-electron chi connectivity index (χ3n) is 1.98. The van der Waals surface area contributed by atoms with Crippen LogP contribution in [0.5, 0.6) is 0 Å². The Labute approximate surface area is 106 Å². The molecule has 2 heterocycles. The second kappa shape index (κ2) is 5.74. The normalized spacial score (nSPS) is 10.4. The molecule has 5 nitrogen and oxygen atoms in total. The molecule has 0 spiro atoms. The Balaban J connectivity index is 1.79. The standard InChI is InChI=1S/C10H11N3O2S2/c14-9(15)5-7-6-17-10(13-7)12-2-1-8-11-3-4-16-8/h3-4,6H,1-2,5H2,(H,12,13)(H,14,15). The van der Waals surface area contributed by atoms with Crippen LogP contribution in [0, 0.1) is 0 Å². The molecule has 0 saturated carbocycles. The molecule has 0 saturated heterocycles. The molecule has 0 unspecified atom stereocenters. The molecular formula is C10H11N3O2S2. The molecule has 0 atom stereocenters. The van der Waals surface area contributed by atoms with E-state index in [1.807, 2.05) is 5.38 Å². The minimum absolute atomic E-state index is 0.0232.